The van der Waals surface area contributed by atoms with Gasteiger partial charge in [-0.15, -0.1) is 0 Å². The standard InChI is InChI=1S/C18H19NO5/c1-2-9-23-14-4-3-13-11-19(8-7-12(13)10-14)17(20)15-5-6-16(24-15)18(21)22/h3-6,10H,2,7-9,11H2,1H3,(H,21,22). The molecular formula is C18H19NO5. The summed E-state index contributed by atoms with van der Waals surface area (Å²) >= 11 is 0. The van der Waals surface area contributed by atoms with Crippen molar-refractivity contribution in [2.24, 2.45) is 0 Å². The van der Waals surface area contributed by atoms with Gasteiger partial charge in [0.2, 0.25) is 5.76 Å². The van der Waals surface area contributed by atoms with Crippen LogP contribution < -0.4 is 4.74 Å². The Kier molecular flexibility index (Phi) is 4.55. The van der Waals surface area contributed by atoms with Crippen molar-refractivity contribution in [2.45, 2.75) is 26.3 Å². The summed E-state index contributed by atoms with van der Waals surface area (Å²) in [4.78, 5) is 25.0. The fourth-order valence-electron chi connectivity index (χ4n) is 2.74. The van der Waals surface area contributed by atoms with Gasteiger partial charge in [-0.25, -0.2) is 4.79 Å². The summed E-state index contributed by atoms with van der Waals surface area (Å²) in [6, 6.07) is 8.62. The van der Waals surface area contributed by atoms with Crippen molar-refractivity contribution in [3.05, 3.63) is 53.0 Å². The lowest BCUT2D eigenvalue weighted by molar-refractivity contribution is 0.0645. The van der Waals surface area contributed by atoms with Gasteiger partial charge in [0.05, 0.1) is 6.61 Å². The van der Waals surface area contributed by atoms with Crippen LogP contribution in [0.3, 0.4) is 0 Å². The highest BCUT2D eigenvalue weighted by Crippen LogP contribution is 2.25. The maximum atomic E-state index is 12.5. The number of amides is 1. The first-order valence-corrected chi connectivity index (χ1v) is 7.95. The van der Waals surface area contributed by atoms with Gasteiger partial charge in [0.15, 0.2) is 5.76 Å². The summed E-state index contributed by atoms with van der Waals surface area (Å²) in [6.45, 7) is 3.79. The molecule has 1 aliphatic heterocycles. The quantitative estimate of drug-likeness (QED) is 0.912. The van der Waals surface area contributed by atoms with Crippen LogP contribution in [0.2, 0.25) is 0 Å². The van der Waals surface area contributed by atoms with Crippen LogP contribution >= 0.6 is 0 Å². The predicted molar refractivity (Wildman–Crippen MR) is 86.3 cm³/mol. The van der Waals surface area contributed by atoms with E-state index < -0.39 is 5.97 Å². The number of furan rings is 1. The number of aromatic carboxylic acids is 1. The minimum atomic E-state index is -1.18. The molecule has 0 atom stereocenters. The normalized spacial score (nSPS) is 13.5. The molecule has 2 aromatic rings. The number of ether oxygens (including phenoxy) is 1. The molecule has 24 heavy (non-hydrogen) atoms. The van der Waals surface area contributed by atoms with Gasteiger partial charge < -0.3 is 19.2 Å². The molecule has 0 aliphatic carbocycles. The van der Waals surface area contributed by atoms with Crippen molar-refractivity contribution >= 4 is 11.9 Å². The topological polar surface area (TPSA) is 80.0 Å². The van der Waals surface area contributed by atoms with Gasteiger partial charge in [-0.3, -0.25) is 4.79 Å². The highest BCUT2D eigenvalue weighted by Gasteiger charge is 2.25. The number of rotatable bonds is 5. The molecule has 0 unspecified atom stereocenters. The van der Waals surface area contributed by atoms with Crippen LogP contribution in [-0.4, -0.2) is 35.0 Å². The van der Waals surface area contributed by atoms with Gasteiger partial charge in [-0.2, -0.15) is 0 Å². The summed E-state index contributed by atoms with van der Waals surface area (Å²) < 4.78 is 10.7. The van der Waals surface area contributed by atoms with Gasteiger partial charge in [-0.05, 0) is 48.2 Å². The number of hydrogen-bond donors (Lipinski definition) is 1. The molecule has 3 rings (SSSR count). The van der Waals surface area contributed by atoms with Crippen LogP contribution in [0.15, 0.2) is 34.7 Å². The van der Waals surface area contributed by atoms with Crippen LogP contribution in [0.4, 0.5) is 0 Å². The van der Waals surface area contributed by atoms with Crippen LogP contribution in [0.5, 0.6) is 5.75 Å². The molecule has 126 valence electrons. The largest absolute Gasteiger partial charge is 0.494 e. The Morgan fingerprint density at radius 3 is 2.71 bits per heavy atom. The Morgan fingerprint density at radius 2 is 2.00 bits per heavy atom. The van der Waals surface area contributed by atoms with E-state index in [1.807, 2.05) is 18.2 Å². The molecule has 6 nitrogen and oxygen atoms in total. The van der Waals surface area contributed by atoms with Gasteiger partial charge in [-0.1, -0.05) is 13.0 Å². The van der Waals surface area contributed by atoms with Crippen LogP contribution in [0, 0.1) is 0 Å². The Bertz CT molecular complexity index is 765. The van der Waals surface area contributed by atoms with E-state index in [4.69, 9.17) is 14.3 Å². The van der Waals surface area contributed by atoms with Gasteiger partial charge in [0.25, 0.3) is 5.91 Å². The second-order valence-corrected chi connectivity index (χ2v) is 5.72. The van der Waals surface area contributed by atoms with E-state index in [0.717, 1.165) is 24.2 Å². The predicted octanol–water partition coefficient (Wildman–Crippen LogP) is 2.97. The number of carboxylic acids is 1. The number of carbonyl (C=O) groups is 2. The maximum Gasteiger partial charge on any atom is 0.371 e. The van der Waals surface area contributed by atoms with Gasteiger partial charge >= 0.3 is 5.97 Å². The molecule has 0 radical (unpaired) electrons. The van der Waals surface area contributed by atoms with E-state index in [1.54, 1.807) is 4.90 Å². The lowest BCUT2D eigenvalue weighted by atomic mass is 9.99. The van der Waals surface area contributed by atoms with E-state index in [1.165, 1.54) is 17.7 Å². The number of benzene rings is 1. The molecule has 6 heteroatoms. The summed E-state index contributed by atoms with van der Waals surface area (Å²) in [6.07, 6.45) is 1.69. The Labute approximate surface area is 139 Å². The molecule has 0 spiro atoms. The summed E-state index contributed by atoms with van der Waals surface area (Å²) in [5.41, 5.74) is 2.25. The summed E-state index contributed by atoms with van der Waals surface area (Å²) in [5, 5.41) is 8.88. The number of hydrogen-bond acceptors (Lipinski definition) is 4. The van der Waals surface area contributed by atoms with Crippen molar-refractivity contribution < 1.29 is 23.8 Å². The molecule has 0 bridgehead atoms. The average Bonchev–Trinajstić information content (AvgIpc) is 3.09. The average molecular weight is 329 g/mol. The third-order valence-electron chi connectivity index (χ3n) is 3.98. The Hall–Kier alpha value is -2.76. The summed E-state index contributed by atoms with van der Waals surface area (Å²) in [7, 11) is 0. The van der Waals surface area contributed by atoms with E-state index in [2.05, 4.69) is 6.92 Å². The SMILES string of the molecule is CCCOc1ccc2c(c1)CCN(C(=O)c1ccc(C(=O)O)o1)C2. The van der Waals surface area contributed by atoms with E-state index in [9.17, 15) is 9.59 Å². The van der Waals surface area contributed by atoms with Crippen molar-refractivity contribution in [1.29, 1.82) is 0 Å². The third kappa shape index (κ3) is 3.27. The highest BCUT2D eigenvalue weighted by molar-refractivity contribution is 5.93. The molecule has 0 saturated heterocycles. The first-order valence-electron chi connectivity index (χ1n) is 7.95. The first kappa shape index (κ1) is 16.1. The molecule has 0 fully saturated rings. The zero-order valence-electron chi connectivity index (χ0n) is 13.4. The Morgan fingerprint density at radius 1 is 1.21 bits per heavy atom. The van der Waals surface area contributed by atoms with Crippen molar-refractivity contribution in [1.82, 2.24) is 4.90 Å². The zero-order chi connectivity index (χ0) is 17.1. The zero-order valence-corrected chi connectivity index (χ0v) is 13.4. The molecule has 1 amide bonds. The van der Waals surface area contributed by atoms with Crippen molar-refractivity contribution in [3.63, 3.8) is 0 Å². The molecule has 1 N–H and O–H groups in total. The molecule has 1 aromatic heterocycles. The number of nitrogens with zero attached hydrogens (tertiary/aromatic N) is 1. The Balaban J connectivity index is 1.72. The first-order chi connectivity index (χ1) is 11.6. The second-order valence-electron chi connectivity index (χ2n) is 5.72. The van der Waals surface area contributed by atoms with E-state index >= 15 is 0 Å². The fraction of sp³-hybridized carbons (Fsp3) is 0.333. The fourth-order valence-corrected chi connectivity index (χ4v) is 2.74. The monoisotopic (exact) mass is 329 g/mol. The van der Waals surface area contributed by atoms with Crippen LogP contribution in [0.1, 0.15) is 45.6 Å². The van der Waals surface area contributed by atoms with Crippen LogP contribution in [0.25, 0.3) is 0 Å². The minimum absolute atomic E-state index is 0.0544. The highest BCUT2D eigenvalue weighted by atomic mass is 16.5. The van der Waals surface area contributed by atoms with Gasteiger partial charge in [0.1, 0.15) is 5.75 Å². The lowest BCUT2D eigenvalue weighted by Gasteiger charge is -2.28. The summed E-state index contributed by atoms with van der Waals surface area (Å²) in [5.74, 6) is -0.795. The molecule has 2 heterocycles. The molecule has 1 aliphatic rings. The van der Waals surface area contributed by atoms with E-state index in [0.29, 0.717) is 19.7 Å². The van der Waals surface area contributed by atoms with Crippen molar-refractivity contribution in [2.75, 3.05) is 13.2 Å². The number of fused-ring (bicyclic) bond motifs is 1. The van der Waals surface area contributed by atoms with Crippen LogP contribution in [-0.2, 0) is 13.0 Å². The maximum absolute atomic E-state index is 12.5. The molecular weight excluding hydrogens is 310 g/mol. The van der Waals surface area contributed by atoms with Gasteiger partial charge in [0, 0.05) is 13.1 Å². The smallest absolute Gasteiger partial charge is 0.371 e. The minimum Gasteiger partial charge on any atom is -0.494 e. The van der Waals surface area contributed by atoms with Crippen molar-refractivity contribution in [3.8, 4) is 5.75 Å². The van der Waals surface area contributed by atoms with E-state index in [-0.39, 0.29) is 17.4 Å². The third-order valence-corrected chi connectivity index (χ3v) is 3.98. The second kappa shape index (κ2) is 6.78. The molecule has 1 aromatic carbocycles. The molecule has 0 saturated carbocycles. The lowest BCUT2D eigenvalue weighted by Crippen LogP contribution is -2.35. The number of carbonyl (C=O) groups excluding carboxylic acids is 1. The number of carboxylic acid groups (broad SMARTS) is 1.